The Morgan fingerprint density at radius 3 is 2.07 bits per heavy atom. The third-order valence-electron chi connectivity index (χ3n) is 5.53. The average Bonchev–Trinajstić information content (AvgIpc) is 2.91. The van der Waals surface area contributed by atoms with Gasteiger partial charge >= 0.3 is 0 Å². The Labute approximate surface area is 176 Å². The van der Waals surface area contributed by atoms with Crippen LogP contribution in [0.2, 0.25) is 0 Å². The van der Waals surface area contributed by atoms with Gasteiger partial charge in [0.15, 0.2) is 0 Å². The summed E-state index contributed by atoms with van der Waals surface area (Å²) < 4.78 is 0. The lowest BCUT2D eigenvalue weighted by Gasteiger charge is -2.22. The molecule has 0 N–H and O–H groups in total. The molecular formula is C29H32. The SMILES string of the molecule is C/C(=C\C=C\c1ccccc1)CC1CC=CCC(C)/C1=C/C=C/c1ccccc1. The first kappa shape index (κ1) is 20.9. The fourth-order valence-corrected chi connectivity index (χ4v) is 3.92. The van der Waals surface area contributed by atoms with Crippen molar-refractivity contribution in [2.75, 3.05) is 0 Å². The molecule has 0 nitrogen and oxygen atoms in total. The normalized spacial score (nSPS) is 21.9. The monoisotopic (exact) mass is 380 g/mol. The maximum Gasteiger partial charge on any atom is -0.0125 e. The number of benzene rings is 2. The Morgan fingerprint density at radius 2 is 1.41 bits per heavy atom. The maximum atomic E-state index is 2.37. The van der Waals surface area contributed by atoms with Crippen LogP contribution < -0.4 is 0 Å². The van der Waals surface area contributed by atoms with Crippen molar-refractivity contribution in [3.05, 3.63) is 119 Å². The van der Waals surface area contributed by atoms with Gasteiger partial charge in [0.1, 0.15) is 0 Å². The summed E-state index contributed by atoms with van der Waals surface area (Å²) in [6, 6.07) is 21.0. The molecule has 1 aliphatic rings. The smallest absolute Gasteiger partial charge is 0.0125 e. The summed E-state index contributed by atoms with van der Waals surface area (Å²) in [5.74, 6) is 1.16. The average molecular weight is 381 g/mol. The molecular weight excluding hydrogens is 348 g/mol. The van der Waals surface area contributed by atoms with Crippen LogP contribution in [0.4, 0.5) is 0 Å². The van der Waals surface area contributed by atoms with Crippen molar-refractivity contribution in [1.82, 2.24) is 0 Å². The van der Waals surface area contributed by atoms with E-state index in [1.54, 1.807) is 5.57 Å². The van der Waals surface area contributed by atoms with Crippen LogP contribution in [0, 0.1) is 11.8 Å². The summed E-state index contributed by atoms with van der Waals surface area (Å²) in [5, 5.41) is 0. The van der Waals surface area contributed by atoms with E-state index in [2.05, 4.69) is 123 Å². The molecule has 0 radical (unpaired) electrons. The highest BCUT2D eigenvalue weighted by Gasteiger charge is 2.20. The highest BCUT2D eigenvalue weighted by Crippen LogP contribution is 2.34. The highest BCUT2D eigenvalue weighted by molar-refractivity contribution is 5.52. The number of hydrogen-bond donors (Lipinski definition) is 0. The maximum absolute atomic E-state index is 2.37. The molecule has 2 unspecified atom stereocenters. The lowest BCUT2D eigenvalue weighted by molar-refractivity contribution is 0.537. The van der Waals surface area contributed by atoms with Gasteiger partial charge in [-0.15, -0.1) is 0 Å². The lowest BCUT2D eigenvalue weighted by atomic mass is 9.83. The van der Waals surface area contributed by atoms with E-state index in [4.69, 9.17) is 0 Å². The van der Waals surface area contributed by atoms with E-state index in [0.717, 1.165) is 19.3 Å². The van der Waals surface area contributed by atoms with E-state index < -0.39 is 0 Å². The largest absolute Gasteiger partial charge is 0.0879 e. The van der Waals surface area contributed by atoms with Gasteiger partial charge in [-0.2, -0.15) is 0 Å². The first-order chi connectivity index (χ1) is 14.2. The van der Waals surface area contributed by atoms with Gasteiger partial charge in [-0.05, 0) is 49.1 Å². The molecule has 0 bridgehead atoms. The molecule has 0 saturated carbocycles. The fraction of sp³-hybridized carbons (Fsp3) is 0.241. The van der Waals surface area contributed by atoms with E-state index in [-0.39, 0.29) is 0 Å². The fourth-order valence-electron chi connectivity index (χ4n) is 3.92. The predicted molar refractivity (Wildman–Crippen MR) is 128 cm³/mol. The Bertz CT molecular complexity index is 892. The van der Waals surface area contributed by atoms with Crippen LogP contribution in [0.5, 0.6) is 0 Å². The quantitative estimate of drug-likeness (QED) is 0.349. The van der Waals surface area contributed by atoms with Gasteiger partial charge in [-0.3, -0.25) is 0 Å². The molecule has 1 aliphatic carbocycles. The van der Waals surface area contributed by atoms with Crippen molar-refractivity contribution in [3.63, 3.8) is 0 Å². The van der Waals surface area contributed by atoms with E-state index in [0.29, 0.717) is 11.8 Å². The zero-order chi connectivity index (χ0) is 20.3. The van der Waals surface area contributed by atoms with Gasteiger partial charge < -0.3 is 0 Å². The Hall–Kier alpha value is -2.86. The van der Waals surface area contributed by atoms with Crippen molar-refractivity contribution in [1.29, 1.82) is 0 Å². The summed E-state index contributed by atoms with van der Waals surface area (Å²) in [6.07, 6.45) is 21.5. The van der Waals surface area contributed by atoms with Crippen LogP contribution in [-0.2, 0) is 0 Å². The van der Waals surface area contributed by atoms with E-state index >= 15 is 0 Å². The van der Waals surface area contributed by atoms with Gasteiger partial charge in [0.25, 0.3) is 0 Å². The van der Waals surface area contributed by atoms with Crippen LogP contribution in [0.15, 0.2) is 108 Å². The molecule has 2 atom stereocenters. The highest BCUT2D eigenvalue weighted by atomic mass is 14.2. The summed E-state index contributed by atoms with van der Waals surface area (Å²) >= 11 is 0. The summed E-state index contributed by atoms with van der Waals surface area (Å²) in [7, 11) is 0. The van der Waals surface area contributed by atoms with Gasteiger partial charge in [0.05, 0.1) is 0 Å². The molecule has 148 valence electrons. The van der Waals surface area contributed by atoms with Crippen molar-refractivity contribution >= 4 is 12.2 Å². The van der Waals surface area contributed by atoms with Crippen LogP contribution in [0.3, 0.4) is 0 Å². The van der Waals surface area contributed by atoms with Crippen LogP contribution in [0.25, 0.3) is 12.2 Å². The number of allylic oxidation sites excluding steroid dienone is 8. The van der Waals surface area contributed by atoms with Crippen molar-refractivity contribution in [2.45, 2.75) is 33.1 Å². The molecule has 2 aromatic carbocycles. The van der Waals surface area contributed by atoms with Gasteiger partial charge in [-0.1, -0.05) is 127 Å². The number of rotatable bonds is 6. The molecule has 0 heteroatoms. The van der Waals surface area contributed by atoms with Crippen LogP contribution >= 0.6 is 0 Å². The van der Waals surface area contributed by atoms with Crippen LogP contribution in [-0.4, -0.2) is 0 Å². The first-order valence-corrected chi connectivity index (χ1v) is 10.7. The van der Waals surface area contributed by atoms with Gasteiger partial charge in [0, 0.05) is 0 Å². The number of hydrogen-bond acceptors (Lipinski definition) is 0. The van der Waals surface area contributed by atoms with E-state index in [1.165, 1.54) is 16.7 Å². The van der Waals surface area contributed by atoms with E-state index in [9.17, 15) is 0 Å². The molecule has 29 heavy (non-hydrogen) atoms. The van der Waals surface area contributed by atoms with Crippen LogP contribution in [0.1, 0.15) is 44.2 Å². The third-order valence-corrected chi connectivity index (χ3v) is 5.53. The van der Waals surface area contributed by atoms with Gasteiger partial charge in [0.2, 0.25) is 0 Å². The standard InChI is InChI=1S/C29H32/c1-24(13-11-19-26-15-5-3-6-16-26)23-28-21-10-9-14-25(2)29(28)22-12-20-27-17-7-4-8-18-27/h3-13,15-20,22,25,28H,14,21,23H2,1-2H3/b19-11+,20-12+,24-13+,29-22-. The molecule has 0 spiro atoms. The molecule has 0 saturated heterocycles. The molecule has 0 aliphatic heterocycles. The molecule has 2 aromatic rings. The summed E-state index contributed by atoms with van der Waals surface area (Å²) in [6.45, 7) is 4.62. The minimum absolute atomic E-state index is 0.575. The minimum atomic E-state index is 0.575. The third kappa shape index (κ3) is 6.91. The minimum Gasteiger partial charge on any atom is -0.0879 e. The zero-order valence-electron chi connectivity index (χ0n) is 17.7. The second-order valence-electron chi connectivity index (χ2n) is 7.96. The Morgan fingerprint density at radius 1 is 0.828 bits per heavy atom. The molecule has 0 amide bonds. The molecule has 3 rings (SSSR count). The van der Waals surface area contributed by atoms with Crippen molar-refractivity contribution in [3.8, 4) is 0 Å². The van der Waals surface area contributed by atoms with Gasteiger partial charge in [-0.25, -0.2) is 0 Å². The Kier molecular flexibility index (Phi) is 8.07. The molecule has 0 aromatic heterocycles. The second kappa shape index (κ2) is 11.2. The van der Waals surface area contributed by atoms with Crippen molar-refractivity contribution < 1.29 is 0 Å². The first-order valence-electron chi connectivity index (χ1n) is 10.7. The topological polar surface area (TPSA) is 0 Å². The zero-order valence-corrected chi connectivity index (χ0v) is 17.7. The second-order valence-corrected chi connectivity index (χ2v) is 7.96. The Balaban J connectivity index is 1.70. The predicted octanol–water partition coefficient (Wildman–Crippen LogP) is 8.28. The summed E-state index contributed by atoms with van der Waals surface area (Å²) in [4.78, 5) is 0. The lowest BCUT2D eigenvalue weighted by Crippen LogP contribution is -2.09. The molecule has 0 fully saturated rings. The van der Waals surface area contributed by atoms with E-state index in [1.807, 2.05) is 0 Å². The summed E-state index contributed by atoms with van der Waals surface area (Å²) in [5.41, 5.74) is 5.50. The van der Waals surface area contributed by atoms with Crippen molar-refractivity contribution in [2.24, 2.45) is 11.8 Å². The molecule has 0 heterocycles.